The van der Waals surface area contributed by atoms with Crippen LogP contribution in [-0.4, -0.2) is 36.8 Å². The fourth-order valence-electron chi connectivity index (χ4n) is 3.58. The molecule has 1 aliphatic carbocycles. The van der Waals surface area contributed by atoms with Crippen molar-refractivity contribution in [3.05, 3.63) is 80.1 Å². The zero-order valence-corrected chi connectivity index (χ0v) is 23.9. The molecule has 0 saturated heterocycles. The number of pyridine rings is 1. The number of nitrogens with one attached hydrogen (secondary N) is 2. The maximum absolute atomic E-state index is 15.6. The van der Waals surface area contributed by atoms with Crippen molar-refractivity contribution in [1.82, 2.24) is 14.8 Å². The number of nitrogens with zero attached hydrogens (tertiary/aromatic N) is 2. The van der Waals surface area contributed by atoms with Gasteiger partial charge < -0.3 is 5.32 Å². The van der Waals surface area contributed by atoms with Gasteiger partial charge in [0.15, 0.2) is 11.6 Å². The van der Waals surface area contributed by atoms with Crippen LogP contribution in [0.5, 0.6) is 0 Å². The zero-order valence-electron chi connectivity index (χ0n) is 20.2. The number of amides is 1. The van der Waals surface area contributed by atoms with Gasteiger partial charge in [-0.3, -0.25) is 14.6 Å². The highest BCUT2D eigenvalue weighted by Crippen LogP contribution is 2.35. The quantitative estimate of drug-likeness (QED) is 0.201. The highest BCUT2D eigenvalue weighted by molar-refractivity contribution is 14.1. The first-order valence-corrected chi connectivity index (χ1v) is 14.6. The van der Waals surface area contributed by atoms with Gasteiger partial charge in [-0.15, -0.1) is 0 Å². The number of carbonyl (C=O) groups is 1. The topological polar surface area (TPSA) is 101 Å². The Morgan fingerprint density at radius 1 is 1.18 bits per heavy atom. The molecule has 1 heterocycles. The summed E-state index contributed by atoms with van der Waals surface area (Å²) in [6.07, 6.45) is 4.92. The molecule has 1 saturated carbocycles. The summed E-state index contributed by atoms with van der Waals surface area (Å²) in [5, 5.41) is 2.84. The molecule has 202 valence electrons. The van der Waals surface area contributed by atoms with Crippen LogP contribution in [-0.2, 0) is 21.4 Å². The molecule has 3 aromatic rings. The number of rotatable bonds is 11. The van der Waals surface area contributed by atoms with Gasteiger partial charge in [0.1, 0.15) is 4.90 Å². The summed E-state index contributed by atoms with van der Waals surface area (Å²) in [6, 6.07) is 8.84. The Morgan fingerprint density at radius 3 is 2.53 bits per heavy atom. The van der Waals surface area contributed by atoms with Crippen LogP contribution in [0.2, 0.25) is 5.02 Å². The Balaban J connectivity index is 1.76. The lowest BCUT2D eigenvalue weighted by Gasteiger charge is -2.22. The van der Waals surface area contributed by atoms with E-state index in [0.29, 0.717) is 11.5 Å². The molecule has 0 spiro atoms. The Bertz CT molecular complexity index is 1440. The van der Waals surface area contributed by atoms with Crippen LogP contribution >= 0.6 is 34.2 Å². The van der Waals surface area contributed by atoms with Crippen molar-refractivity contribution in [2.45, 2.75) is 31.2 Å². The molecule has 0 atom stereocenters. The van der Waals surface area contributed by atoms with Gasteiger partial charge in [-0.25, -0.2) is 22.7 Å². The second kappa shape index (κ2) is 12.2. The number of benzene rings is 2. The Kier molecular flexibility index (Phi) is 9.19. The molecule has 0 bridgehead atoms. The Hall–Kier alpha value is -2.39. The normalized spacial score (nSPS) is 13.5. The van der Waals surface area contributed by atoms with Gasteiger partial charge in [0.2, 0.25) is 10.0 Å². The number of sulfonamides is 1. The summed E-state index contributed by atoms with van der Waals surface area (Å²) in [4.78, 5) is 21.2. The maximum atomic E-state index is 15.6. The van der Waals surface area contributed by atoms with Crippen LogP contribution in [0.1, 0.15) is 35.7 Å². The maximum Gasteiger partial charge on any atom is 0.277 e. The van der Waals surface area contributed by atoms with Gasteiger partial charge in [0.25, 0.3) is 5.91 Å². The molecule has 1 amide bonds. The van der Waals surface area contributed by atoms with E-state index in [1.165, 1.54) is 18.5 Å². The summed E-state index contributed by atoms with van der Waals surface area (Å²) >= 11 is 8.29. The first-order chi connectivity index (χ1) is 18.1. The highest BCUT2D eigenvalue weighted by atomic mass is 127. The molecule has 8 nitrogen and oxygen atoms in total. The molecular formula is C25H24ClF2IN4O4S. The van der Waals surface area contributed by atoms with Gasteiger partial charge in [0, 0.05) is 29.1 Å². The molecule has 0 unspecified atom stereocenters. The molecular weight excluding hydrogens is 653 g/mol. The summed E-state index contributed by atoms with van der Waals surface area (Å²) in [7, 11) is -4.56. The largest absolute Gasteiger partial charge is 0.351 e. The number of aromatic nitrogens is 1. The van der Waals surface area contributed by atoms with Gasteiger partial charge in [0.05, 0.1) is 28.6 Å². The average molecular weight is 677 g/mol. The third kappa shape index (κ3) is 6.60. The molecule has 0 radical (unpaired) electrons. The minimum atomic E-state index is -4.56. The van der Waals surface area contributed by atoms with E-state index in [2.05, 4.69) is 15.8 Å². The van der Waals surface area contributed by atoms with Crippen LogP contribution in [0.15, 0.2) is 53.7 Å². The lowest BCUT2D eigenvalue weighted by Crippen LogP contribution is -2.32. The van der Waals surface area contributed by atoms with Gasteiger partial charge in [-0.2, -0.15) is 4.31 Å². The zero-order chi connectivity index (χ0) is 27.4. The van der Waals surface area contributed by atoms with Gasteiger partial charge in [-0.05, 0) is 83.3 Å². The van der Waals surface area contributed by atoms with E-state index in [1.807, 2.05) is 22.6 Å². The number of carbonyl (C=O) groups excluding carboxylic acids is 1. The predicted octanol–water partition coefficient (Wildman–Crippen LogP) is 5.64. The number of anilines is 2. The second-order valence-electron chi connectivity index (χ2n) is 8.65. The summed E-state index contributed by atoms with van der Waals surface area (Å²) in [5.41, 5.74) is 1.97. The molecule has 2 N–H and O–H groups in total. The minimum Gasteiger partial charge on any atom is -0.351 e. The van der Waals surface area contributed by atoms with E-state index >= 15 is 8.78 Å². The van der Waals surface area contributed by atoms with E-state index in [-0.39, 0.29) is 30.4 Å². The third-order valence-electron chi connectivity index (χ3n) is 5.87. The fourth-order valence-corrected chi connectivity index (χ4v) is 6.00. The summed E-state index contributed by atoms with van der Waals surface area (Å²) in [5.74, 6) is -3.81. The molecule has 1 aliphatic rings. The molecule has 13 heteroatoms. The smallest absolute Gasteiger partial charge is 0.277 e. The van der Waals surface area contributed by atoms with Gasteiger partial charge in [-0.1, -0.05) is 18.5 Å². The number of hydroxylamine groups is 1. The molecule has 1 aromatic heterocycles. The highest BCUT2D eigenvalue weighted by Gasteiger charge is 2.33. The third-order valence-corrected chi connectivity index (χ3v) is 8.77. The lowest BCUT2D eigenvalue weighted by atomic mass is 10.1. The fraction of sp³-hybridized carbons (Fsp3) is 0.280. The SMILES string of the molecule is CCN(Cc1ccncc1)S(=O)(=O)c1cc(C(=O)NOCC2CC2)c(Nc2ccc(I)cc2Cl)c(F)c1F. The van der Waals surface area contributed by atoms with E-state index in [4.69, 9.17) is 16.4 Å². The Morgan fingerprint density at radius 2 is 1.89 bits per heavy atom. The van der Waals surface area contributed by atoms with Crippen LogP contribution in [0, 0.1) is 21.1 Å². The average Bonchev–Trinajstić information content (AvgIpc) is 3.71. The molecule has 1 fully saturated rings. The van der Waals surface area contributed by atoms with Crippen molar-refractivity contribution < 1.29 is 26.8 Å². The van der Waals surface area contributed by atoms with E-state index in [1.54, 1.807) is 31.2 Å². The van der Waals surface area contributed by atoms with Crippen molar-refractivity contribution in [3.63, 3.8) is 0 Å². The predicted molar refractivity (Wildman–Crippen MR) is 147 cm³/mol. The minimum absolute atomic E-state index is 0.0317. The van der Waals surface area contributed by atoms with Crippen LogP contribution in [0.4, 0.5) is 20.2 Å². The van der Waals surface area contributed by atoms with Crippen LogP contribution in [0.3, 0.4) is 0 Å². The Labute approximate surface area is 237 Å². The van der Waals surface area contributed by atoms with Crippen molar-refractivity contribution >= 4 is 61.5 Å². The number of halogens is 4. The standard InChI is InChI=1S/C25H24ClF2IN4O4S/c1-2-33(13-15-7-9-30-10-8-15)38(35,36)21-12-18(25(34)32-37-14-16-3-4-16)24(23(28)22(21)27)31-20-6-5-17(29)11-19(20)26/h5-12,16,31H,2-4,13-14H2,1H3,(H,32,34). The first-order valence-electron chi connectivity index (χ1n) is 11.7. The van der Waals surface area contributed by atoms with E-state index in [9.17, 15) is 13.2 Å². The molecule has 4 rings (SSSR count). The molecule has 0 aliphatic heterocycles. The summed E-state index contributed by atoms with van der Waals surface area (Å²) in [6.45, 7) is 1.69. The van der Waals surface area contributed by atoms with Crippen LogP contribution < -0.4 is 10.8 Å². The van der Waals surface area contributed by atoms with Crippen molar-refractivity contribution in [1.29, 1.82) is 0 Å². The van der Waals surface area contributed by atoms with Crippen molar-refractivity contribution in [2.24, 2.45) is 5.92 Å². The van der Waals surface area contributed by atoms with E-state index in [0.717, 1.165) is 26.8 Å². The van der Waals surface area contributed by atoms with Crippen molar-refractivity contribution in [2.75, 3.05) is 18.5 Å². The van der Waals surface area contributed by atoms with E-state index < -0.39 is 43.7 Å². The number of hydrogen-bond acceptors (Lipinski definition) is 6. The van der Waals surface area contributed by atoms with Gasteiger partial charge >= 0.3 is 0 Å². The van der Waals surface area contributed by atoms with Crippen LogP contribution in [0.25, 0.3) is 0 Å². The number of hydrogen-bond donors (Lipinski definition) is 2. The lowest BCUT2D eigenvalue weighted by molar-refractivity contribution is 0.0270. The second-order valence-corrected chi connectivity index (χ2v) is 12.2. The van der Waals surface area contributed by atoms with Crippen molar-refractivity contribution in [3.8, 4) is 0 Å². The monoisotopic (exact) mass is 676 g/mol. The summed E-state index contributed by atoms with van der Waals surface area (Å²) < 4.78 is 59.8. The molecule has 2 aromatic carbocycles. The first kappa shape index (κ1) is 28.6. The molecule has 38 heavy (non-hydrogen) atoms.